The molecule has 2 aromatic rings. The molecule has 0 fully saturated rings. The van der Waals surface area contributed by atoms with Gasteiger partial charge < -0.3 is 14.4 Å². The van der Waals surface area contributed by atoms with E-state index >= 15 is 0 Å². The number of hydrogen-bond donors (Lipinski definition) is 0. The molecule has 0 saturated carbocycles. The second-order valence-electron chi connectivity index (χ2n) is 6.42. The minimum Gasteiger partial charge on any atom is -0.455 e. The van der Waals surface area contributed by atoms with Gasteiger partial charge >= 0.3 is 0 Å². The third-order valence-electron chi connectivity index (χ3n) is 4.71. The Kier molecular flexibility index (Phi) is 4.58. The maximum Gasteiger partial charge on any atom is 0.272 e. The number of hydrogen-bond acceptors (Lipinski definition) is 5. The number of nitrogens with zero attached hydrogens (tertiary/aromatic N) is 3. The van der Waals surface area contributed by atoms with E-state index in [9.17, 15) is 4.79 Å². The third kappa shape index (κ3) is 3.41. The number of fused-ring (bicyclic) bond motifs is 1. The molecule has 6 heteroatoms. The number of methoxy groups -OCH3 is 1. The molecule has 1 aliphatic carbocycles. The van der Waals surface area contributed by atoms with Gasteiger partial charge in [-0.05, 0) is 48.3 Å². The molecule has 0 saturated heterocycles. The Bertz CT molecular complexity index is 930. The topological polar surface area (TPSA) is 56.6 Å². The van der Waals surface area contributed by atoms with E-state index in [-0.39, 0.29) is 12.3 Å². The van der Waals surface area contributed by atoms with Gasteiger partial charge in [0.25, 0.3) is 5.56 Å². The number of ether oxygens (including phenoxy) is 2. The highest BCUT2D eigenvalue weighted by Crippen LogP contribution is 2.27. The molecular weight excluding hydrogens is 330 g/mol. The molecule has 1 aliphatic heterocycles. The van der Waals surface area contributed by atoms with Crippen molar-refractivity contribution in [2.45, 2.75) is 19.6 Å². The van der Waals surface area contributed by atoms with Crippen LogP contribution in [0.5, 0.6) is 11.5 Å². The van der Waals surface area contributed by atoms with Crippen LogP contribution in [0.15, 0.2) is 59.2 Å². The van der Waals surface area contributed by atoms with Crippen molar-refractivity contribution in [1.29, 1.82) is 0 Å². The monoisotopic (exact) mass is 351 g/mol. The van der Waals surface area contributed by atoms with E-state index in [1.807, 2.05) is 6.07 Å². The SMILES string of the molecule is COCn1ncc(Oc2ccc3c(c2)CCN(C2=CC=C2)CC3)cc1=O. The van der Waals surface area contributed by atoms with Crippen molar-refractivity contribution in [2.24, 2.45) is 0 Å². The van der Waals surface area contributed by atoms with Gasteiger partial charge in [0.15, 0.2) is 5.75 Å². The molecule has 0 bridgehead atoms. The van der Waals surface area contributed by atoms with Gasteiger partial charge in [0.1, 0.15) is 12.5 Å². The van der Waals surface area contributed by atoms with Crippen LogP contribution < -0.4 is 10.3 Å². The highest BCUT2D eigenvalue weighted by molar-refractivity contribution is 5.40. The fraction of sp³-hybridized carbons (Fsp3) is 0.300. The first-order valence-electron chi connectivity index (χ1n) is 8.72. The molecule has 0 unspecified atom stereocenters. The zero-order valence-corrected chi connectivity index (χ0v) is 14.7. The second-order valence-corrected chi connectivity index (χ2v) is 6.42. The molecule has 2 heterocycles. The molecular formula is C20H21N3O3. The maximum absolute atomic E-state index is 12.0. The van der Waals surface area contributed by atoms with Crippen molar-refractivity contribution in [3.8, 4) is 11.5 Å². The molecule has 0 spiro atoms. The first kappa shape index (κ1) is 16.6. The van der Waals surface area contributed by atoms with Gasteiger partial charge in [-0.15, -0.1) is 0 Å². The van der Waals surface area contributed by atoms with Crippen LogP contribution in [0.2, 0.25) is 0 Å². The largest absolute Gasteiger partial charge is 0.455 e. The van der Waals surface area contributed by atoms with E-state index in [1.165, 1.54) is 40.9 Å². The highest BCUT2D eigenvalue weighted by Gasteiger charge is 2.17. The third-order valence-corrected chi connectivity index (χ3v) is 4.71. The molecule has 26 heavy (non-hydrogen) atoms. The number of rotatable bonds is 5. The van der Waals surface area contributed by atoms with Crippen molar-refractivity contribution < 1.29 is 9.47 Å². The van der Waals surface area contributed by atoms with Gasteiger partial charge in [-0.2, -0.15) is 5.10 Å². The molecule has 134 valence electrons. The summed E-state index contributed by atoms with van der Waals surface area (Å²) in [6.45, 7) is 2.16. The van der Waals surface area contributed by atoms with E-state index in [1.54, 1.807) is 0 Å². The maximum atomic E-state index is 12.0. The van der Waals surface area contributed by atoms with E-state index in [4.69, 9.17) is 9.47 Å². The van der Waals surface area contributed by atoms with Gasteiger partial charge in [-0.3, -0.25) is 4.79 Å². The molecule has 0 atom stereocenters. The van der Waals surface area contributed by atoms with E-state index in [0.717, 1.165) is 31.7 Å². The summed E-state index contributed by atoms with van der Waals surface area (Å²) in [7, 11) is 1.52. The quantitative estimate of drug-likeness (QED) is 0.828. The molecule has 0 radical (unpaired) electrons. The number of aromatic nitrogens is 2. The minimum atomic E-state index is -0.253. The fourth-order valence-corrected chi connectivity index (χ4v) is 3.24. The Morgan fingerprint density at radius 2 is 1.92 bits per heavy atom. The molecule has 1 aromatic heterocycles. The van der Waals surface area contributed by atoms with Gasteiger partial charge in [-0.25, -0.2) is 4.68 Å². The zero-order valence-electron chi connectivity index (χ0n) is 14.7. The first-order chi connectivity index (χ1) is 12.7. The summed E-state index contributed by atoms with van der Waals surface area (Å²) in [6.07, 6.45) is 9.92. The lowest BCUT2D eigenvalue weighted by Gasteiger charge is -2.26. The Balaban J connectivity index is 1.49. The van der Waals surface area contributed by atoms with Crippen LogP contribution in [-0.2, 0) is 24.3 Å². The summed E-state index contributed by atoms with van der Waals surface area (Å²) in [5.74, 6) is 1.16. The van der Waals surface area contributed by atoms with Crippen molar-refractivity contribution in [1.82, 2.24) is 14.7 Å². The Labute approximate surface area is 152 Å². The van der Waals surface area contributed by atoms with E-state index < -0.39 is 0 Å². The van der Waals surface area contributed by atoms with Crippen LogP contribution >= 0.6 is 0 Å². The summed E-state index contributed by atoms with van der Waals surface area (Å²) >= 11 is 0. The predicted octanol–water partition coefficient (Wildman–Crippen LogP) is 2.49. The molecule has 0 amide bonds. The van der Waals surface area contributed by atoms with Gasteiger partial charge in [0.2, 0.25) is 0 Å². The van der Waals surface area contributed by atoms with E-state index in [2.05, 4.69) is 40.4 Å². The van der Waals surface area contributed by atoms with Crippen molar-refractivity contribution in [3.63, 3.8) is 0 Å². The molecule has 1 aromatic carbocycles. The Hall–Kier alpha value is -2.86. The van der Waals surface area contributed by atoms with Crippen LogP contribution in [0.1, 0.15) is 11.1 Å². The van der Waals surface area contributed by atoms with Crippen molar-refractivity contribution in [2.75, 3.05) is 20.2 Å². The smallest absolute Gasteiger partial charge is 0.272 e. The summed E-state index contributed by atoms with van der Waals surface area (Å²) in [6, 6.07) is 7.58. The molecule has 2 aliphatic rings. The van der Waals surface area contributed by atoms with Crippen LogP contribution in [0.3, 0.4) is 0 Å². The average Bonchev–Trinajstić information content (AvgIpc) is 2.79. The first-order valence-corrected chi connectivity index (χ1v) is 8.72. The number of allylic oxidation sites excluding steroid dienone is 3. The lowest BCUT2D eigenvalue weighted by Crippen LogP contribution is -2.26. The number of benzene rings is 1. The Morgan fingerprint density at radius 3 is 2.62 bits per heavy atom. The zero-order chi connectivity index (χ0) is 17.9. The standard InChI is InChI=1S/C20H21N3O3/c1-25-14-23-20(24)12-19(13-21-23)26-18-6-5-15-7-9-22(17-3-2-4-17)10-8-16(15)11-18/h2-6,11-13H,7-10,14H2,1H3. The van der Waals surface area contributed by atoms with Crippen LogP contribution in [0, 0.1) is 0 Å². The summed E-state index contributed by atoms with van der Waals surface area (Å²) < 4.78 is 12.0. The lowest BCUT2D eigenvalue weighted by molar-refractivity contribution is 0.116. The summed E-state index contributed by atoms with van der Waals surface area (Å²) in [4.78, 5) is 14.4. The second kappa shape index (κ2) is 7.17. The van der Waals surface area contributed by atoms with Gasteiger partial charge in [0, 0.05) is 32.0 Å². The summed E-state index contributed by atoms with van der Waals surface area (Å²) in [5, 5.41) is 4.05. The molecule has 6 nitrogen and oxygen atoms in total. The van der Waals surface area contributed by atoms with Crippen LogP contribution in [-0.4, -0.2) is 34.9 Å². The predicted molar refractivity (Wildman–Crippen MR) is 98.2 cm³/mol. The molecule has 4 rings (SSSR count). The van der Waals surface area contributed by atoms with Crippen LogP contribution in [0.25, 0.3) is 0 Å². The van der Waals surface area contributed by atoms with Gasteiger partial charge in [0.05, 0.1) is 6.20 Å². The normalized spacial score (nSPS) is 15.7. The van der Waals surface area contributed by atoms with Crippen molar-refractivity contribution in [3.05, 3.63) is 75.9 Å². The average molecular weight is 351 g/mol. The van der Waals surface area contributed by atoms with E-state index in [0.29, 0.717) is 5.75 Å². The highest BCUT2D eigenvalue weighted by atomic mass is 16.5. The fourth-order valence-electron chi connectivity index (χ4n) is 3.24. The summed E-state index contributed by atoms with van der Waals surface area (Å²) in [5.41, 5.74) is 3.72. The Morgan fingerprint density at radius 1 is 1.12 bits per heavy atom. The lowest BCUT2D eigenvalue weighted by atomic mass is 10.0. The van der Waals surface area contributed by atoms with Crippen LogP contribution in [0.4, 0.5) is 0 Å². The van der Waals surface area contributed by atoms with Gasteiger partial charge in [-0.1, -0.05) is 12.1 Å². The van der Waals surface area contributed by atoms with Crippen molar-refractivity contribution >= 4 is 0 Å². The minimum absolute atomic E-state index is 0.125. The molecule has 0 N–H and O–H groups in total.